The molecule has 13 heteroatoms. The topological polar surface area (TPSA) is 109 Å². The maximum absolute atomic E-state index is 15.2. The van der Waals surface area contributed by atoms with E-state index in [1.165, 1.54) is 30.8 Å². The Hall–Kier alpha value is -2.79. The third kappa shape index (κ3) is 8.16. The van der Waals surface area contributed by atoms with Crippen molar-refractivity contribution in [2.24, 2.45) is 5.92 Å². The van der Waals surface area contributed by atoms with E-state index in [0.29, 0.717) is 57.3 Å². The second-order valence-electron chi connectivity index (χ2n) is 10.5. The van der Waals surface area contributed by atoms with E-state index in [4.69, 9.17) is 9.47 Å². The van der Waals surface area contributed by atoms with Crippen molar-refractivity contribution in [2.45, 2.75) is 54.2 Å². The molecule has 2 aromatic rings. The molecule has 4 rings (SSSR count). The lowest BCUT2D eigenvalue weighted by atomic mass is 9.95. The maximum atomic E-state index is 15.2. The van der Waals surface area contributed by atoms with Gasteiger partial charge in [0.2, 0.25) is 0 Å². The molecule has 1 amide bonds. The molecule has 2 aliphatic heterocycles. The molecule has 2 fully saturated rings. The van der Waals surface area contributed by atoms with Gasteiger partial charge in [-0.15, -0.1) is 11.8 Å². The summed E-state index contributed by atoms with van der Waals surface area (Å²) in [6.07, 6.45) is 1.55. The Morgan fingerprint density at radius 2 is 2.00 bits per heavy atom. The van der Waals surface area contributed by atoms with E-state index in [2.05, 4.69) is 0 Å². The highest BCUT2D eigenvalue weighted by Gasteiger charge is 2.38. The van der Waals surface area contributed by atoms with Gasteiger partial charge in [-0.2, -0.15) is 5.26 Å². The summed E-state index contributed by atoms with van der Waals surface area (Å²) in [5.74, 6) is -2.29. The molecule has 41 heavy (non-hydrogen) atoms. The van der Waals surface area contributed by atoms with Gasteiger partial charge in [0.1, 0.15) is 23.7 Å². The minimum absolute atomic E-state index is 0.00517. The first-order chi connectivity index (χ1) is 19.5. The van der Waals surface area contributed by atoms with Gasteiger partial charge in [-0.05, 0) is 75.5 Å². The molecule has 0 aromatic heterocycles. The smallest absolute Gasteiger partial charge is 0.265 e. The maximum Gasteiger partial charge on any atom is 0.265 e. The summed E-state index contributed by atoms with van der Waals surface area (Å²) in [6.45, 7) is 3.13. The van der Waals surface area contributed by atoms with E-state index in [1.54, 1.807) is 18.2 Å². The van der Waals surface area contributed by atoms with Crippen molar-refractivity contribution in [3.63, 3.8) is 0 Å². The van der Waals surface area contributed by atoms with Crippen LogP contribution in [0, 0.1) is 28.9 Å². The molecule has 222 valence electrons. The monoisotopic (exact) mass is 611 g/mol. The second kappa shape index (κ2) is 13.5. The van der Waals surface area contributed by atoms with Crippen LogP contribution in [0.2, 0.25) is 0 Å². The molecular weight excluding hydrogens is 579 g/mol. The van der Waals surface area contributed by atoms with Crippen molar-refractivity contribution >= 4 is 27.7 Å². The molecule has 0 spiro atoms. The highest BCUT2D eigenvalue weighted by Crippen LogP contribution is 2.30. The summed E-state index contributed by atoms with van der Waals surface area (Å²) in [5, 5.41) is 9.66. The van der Waals surface area contributed by atoms with E-state index < -0.39 is 44.2 Å². The van der Waals surface area contributed by atoms with Crippen LogP contribution >= 0.6 is 11.8 Å². The zero-order valence-electron chi connectivity index (χ0n) is 22.6. The SMILES string of the molecule is C[C@]1(C(=O)NS(=O)(=O)c2cc(F)c(OC[C@H](CCN3CC(F)C3)CSc3ccc(F)cc3)c(C#N)c2)CCCCO1. The van der Waals surface area contributed by atoms with Gasteiger partial charge in [0.15, 0.2) is 11.6 Å². The molecule has 2 aliphatic rings. The lowest BCUT2D eigenvalue weighted by Crippen LogP contribution is -2.50. The van der Waals surface area contributed by atoms with Crippen molar-refractivity contribution in [3.05, 3.63) is 53.6 Å². The van der Waals surface area contributed by atoms with Gasteiger partial charge in [0.05, 0.1) is 17.1 Å². The van der Waals surface area contributed by atoms with Crippen LogP contribution < -0.4 is 9.46 Å². The number of benzene rings is 2. The third-order valence-corrected chi connectivity index (χ3v) is 9.71. The molecule has 0 unspecified atom stereocenters. The summed E-state index contributed by atoms with van der Waals surface area (Å²) in [6, 6.07) is 9.44. The van der Waals surface area contributed by atoms with Crippen molar-refractivity contribution < 1.29 is 35.9 Å². The molecular formula is C28H32F3N3O5S2. The average molecular weight is 612 g/mol. The van der Waals surface area contributed by atoms with Crippen LogP contribution in [0.25, 0.3) is 0 Å². The Morgan fingerprint density at radius 1 is 1.27 bits per heavy atom. The van der Waals surface area contributed by atoms with Crippen molar-refractivity contribution in [3.8, 4) is 11.8 Å². The number of nitriles is 1. The van der Waals surface area contributed by atoms with E-state index in [9.17, 15) is 27.3 Å². The van der Waals surface area contributed by atoms with Crippen LogP contribution in [0.1, 0.15) is 38.2 Å². The van der Waals surface area contributed by atoms with Crippen LogP contribution in [-0.2, 0) is 19.6 Å². The molecule has 8 nitrogen and oxygen atoms in total. The number of likely N-dealkylation sites (tertiary alicyclic amines) is 1. The number of nitrogens with zero attached hydrogens (tertiary/aromatic N) is 2. The Kier molecular flexibility index (Phi) is 10.2. The van der Waals surface area contributed by atoms with Crippen molar-refractivity contribution in [1.29, 1.82) is 5.26 Å². The summed E-state index contributed by atoms with van der Waals surface area (Å²) in [7, 11) is -4.50. The van der Waals surface area contributed by atoms with E-state index in [-0.39, 0.29) is 23.9 Å². The summed E-state index contributed by atoms with van der Waals surface area (Å²) < 4.78 is 80.7. The number of carbonyl (C=O) groups is 1. The van der Waals surface area contributed by atoms with Gasteiger partial charge in [0.25, 0.3) is 15.9 Å². The summed E-state index contributed by atoms with van der Waals surface area (Å²) >= 11 is 1.46. The fourth-order valence-electron chi connectivity index (χ4n) is 4.57. The van der Waals surface area contributed by atoms with Crippen molar-refractivity contribution in [2.75, 3.05) is 38.6 Å². The third-order valence-electron chi connectivity index (χ3n) is 7.15. The quantitative estimate of drug-likeness (QED) is 0.351. The molecule has 0 bridgehead atoms. The van der Waals surface area contributed by atoms with Crippen LogP contribution in [0.15, 0.2) is 46.2 Å². The highest BCUT2D eigenvalue weighted by atomic mass is 32.2. The van der Waals surface area contributed by atoms with Crippen molar-refractivity contribution in [1.82, 2.24) is 9.62 Å². The average Bonchev–Trinajstić information content (AvgIpc) is 2.92. The molecule has 2 atom stereocenters. The Balaban J connectivity index is 1.45. The van der Waals surface area contributed by atoms with Gasteiger partial charge < -0.3 is 9.47 Å². The number of sulfonamides is 1. The first kappa shape index (κ1) is 31.2. The minimum atomic E-state index is -4.50. The number of ether oxygens (including phenoxy) is 2. The van der Waals surface area contributed by atoms with Gasteiger partial charge in [-0.3, -0.25) is 9.69 Å². The van der Waals surface area contributed by atoms with E-state index in [0.717, 1.165) is 17.4 Å². The number of halogens is 3. The number of hydrogen-bond donors (Lipinski definition) is 1. The zero-order chi connectivity index (χ0) is 29.6. The number of thioether (sulfide) groups is 1. The zero-order valence-corrected chi connectivity index (χ0v) is 24.2. The first-order valence-electron chi connectivity index (χ1n) is 13.3. The van der Waals surface area contributed by atoms with Gasteiger partial charge in [-0.25, -0.2) is 26.3 Å². The Bertz CT molecular complexity index is 1370. The Labute approximate surface area is 242 Å². The fraction of sp³-hybridized carbons (Fsp3) is 0.500. The van der Waals surface area contributed by atoms with E-state index in [1.807, 2.05) is 9.62 Å². The number of amides is 1. The largest absolute Gasteiger partial charge is 0.489 e. The standard InChI is InChI=1S/C28H32F3N3O5S2/c1-28(9-2-3-11-39-28)27(35)33-41(36,37)24-12-20(14-32)26(25(31)13-24)38-17-19(8-10-34-15-22(30)16-34)18-40-23-6-4-21(29)5-7-23/h4-7,12-13,19,22H,2-3,8-11,15-18H2,1H3,(H,33,35)/t19-,28+/m0/s1. The molecule has 1 N–H and O–H groups in total. The molecule has 0 aliphatic carbocycles. The highest BCUT2D eigenvalue weighted by molar-refractivity contribution is 7.99. The van der Waals surface area contributed by atoms with Crippen LogP contribution in [-0.4, -0.2) is 69.6 Å². The van der Waals surface area contributed by atoms with E-state index >= 15 is 4.39 Å². The molecule has 0 saturated carbocycles. The lowest BCUT2D eigenvalue weighted by Gasteiger charge is -2.35. The molecule has 0 radical (unpaired) electrons. The van der Waals surface area contributed by atoms with Gasteiger partial charge in [0, 0.05) is 36.3 Å². The minimum Gasteiger partial charge on any atom is -0.489 e. The van der Waals surface area contributed by atoms with Gasteiger partial charge >= 0.3 is 0 Å². The predicted octanol–water partition coefficient (Wildman–Crippen LogP) is 4.43. The molecule has 2 saturated heterocycles. The van der Waals surface area contributed by atoms with Crippen LogP contribution in [0.5, 0.6) is 5.75 Å². The first-order valence-corrected chi connectivity index (χ1v) is 15.8. The summed E-state index contributed by atoms with van der Waals surface area (Å²) in [5.41, 5.74) is -1.67. The fourth-order valence-corrected chi connectivity index (χ4v) is 6.70. The normalized spacial score (nSPS) is 20.6. The molecule has 2 heterocycles. The Morgan fingerprint density at radius 3 is 2.63 bits per heavy atom. The number of carbonyl (C=O) groups excluding carboxylic acids is 1. The van der Waals surface area contributed by atoms with Gasteiger partial charge in [-0.1, -0.05) is 0 Å². The van der Waals surface area contributed by atoms with Crippen LogP contribution in [0.3, 0.4) is 0 Å². The lowest BCUT2D eigenvalue weighted by molar-refractivity contribution is -0.148. The van der Waals surface area contributed by atoms with Crippen LogP contribution in [0.4, 0.5) is 13.2 Å². The number of hydrogen-bond acceptors (Lipinski definition) is 8. The number of alkyl halides is 1. The summed E-state index contributed by atoms with van der Waals surface area (Å²) in [4.78, 5) is 14.9. The second-order valence-corrected chi connectivity index (χ2v) is 13.2. The number of rotatable bonds is 12. The predicted molar refractivity (Wildman–Crippen MR) is 147 cm³/mol. The molecule has 2 aromatic carbocycles. The number of nitrogens with one attached hydrogen (secondary N) is 1.